The number of carbonyl (C=O) groups is 1. The van der Waals surface area contributed by atoms with Crippen LogP contribution in [0, 0.1) is 0 Å². The van der Waals surface area contributed by atoms with Crippen molar-refractivity contribution in [1.29, 1.82) is 0 Å². The summed E-state index contributed by atoms with van der Waals surface area (Å²) < 4.78 is 4.56. The van der Waals surface area contributed by atoms with Crippen LogP contribution in [0.3, 0.4) is 0 Å². The lowest BCUT2D eigenvalue weighted by Crippen LogP contribution is -2.25. The first-order valence-electron chi connectivity index (χ1n) is 5.56. The molecule has 0 aliphatic carbocycles. The molecule has 0 bridgehead atoms. The molecule has 1 amide bonds. The maximum Gasteiger partial charge on any atom is 0.224 e. The van der Waals surface area contributed by atoms with Crippen LogP contribution in [0.5, 0.6) is 0 Å². The van der Waals surface area contributed by atoms with E-state index in [9.17, 15) is 4.79 Å². The number of thiocarbonyl (C=S) groups is 1. The van der Waals surface area contributed by atoms with E-state index in [1.54, 1.807) is 12.1 Å². The summed E-state index contributed by atoms with van der Waals surface area (Å²) in [5.74, 6) is 0.324. The normalized spacial score (nSPS) is 10.1. The Morgan fingerprint density at radius 2 is 2.11 bits per heavy atom. The number of nitrogens with one attached hydrogen (secondary N) is 1. The van der Waals surface area contributed by atoms with Crippen molar-refractivity contribution < 1.29 is 9.32 Å². The molecule has 1 aromatic carbocycles. The number of nitrogens with two attached hydrogens (primary N) is 1. The molecule has 0 saturated carbocycles. The number of nitrogens with zero attached hydrogens (tertiary/aromatic N) is 2. The Bertz CT molecular complexity index is 566. The van der Waals surface area contributed by atoms with Crippen molar-refractivity contribution in [2.24, 2.45) is 5.73 Å². The molecule has 1 aromatic heterocycles. The summed E-state index contributed by atoms with van der Waals surface area (Å²) in [4.78, 5) is 15.8. The second-order valence-corrected chi connectivity index (χ2v) is 4.30. The third-order valence-electron chi connectivity index (χ3n) is 2.45. The lowest BCUT2D eigenvalue weighted by Gasteiger charge is -2.04. The predicted octanol–water partition coefficient (Wildman–Crippen LogP) is 0.563. The highest BCUT2D eigenvalue weighted by molar-refractivity contribution is 7.80. The third-order valence-corrected chi connectivity index (χ3v) is 2.69. The molecule has 0 aliphatic rings. The summed E-state index contributed by atoms with van der Waals surface area (Å²) in [6.45, 7) is 0.250. The van der Waals surface area contributed by atoms with Gasteiger partial charge in [0.25, 0.3) is 0 Å². The van der Waals surface area contributed by atoms with E-state index in [0.29, 0.717) is 10.8 Å². The van der Waals surface area contributed by atoms with Gasteiger partial charge in [-0.05, 0) is 5.56 Å². The van der Waals surface area contributed by atoms with Gasteiger partial charge in [-0.2, -0.15) is 4.98 Å². The Labute approximate surface area is 115 Å². The van der Waals surface area contributed by atoms with Crippen LogP contribution in [-0.2, 0) is 17.8 Å². The van der Waals surface area contributed by atoms with Crippen molar-refractivity contribution in [3.05, 3.63) is 47.6 Å². The van der Waals surface area contributed by atoms with E-state index >= 15 is 0 Å². The first-order valence-corrected chi connectivity index (χ1v) is 5.96. The van der Waals surface area contributed by atoms with Crippen LogP contribution in [0.15, 0.2) is 35.2 Å². The lowest BCUT2D eigenvalue weighted by atomic mass is 10.1. The average molecular weight is 276 g/mol. The molecule has 0 spiro atoms. The van der Waals surface area contributed by atoms with Crippen LogP contribution in [0.1, 0.15) is 17.0 Å². The molecule has 0 saturated heterocycles. The SMILES string of the molecule is NC(=S)c1ccc(CC(=O)NCc2ncon2)cc1. The highest BCUT2D eigenvalue weighted by atomic mass is 32.1. The molecule has 1 heterocycles. The van der Waals surface area contributed by atoms with E-state index in [4.69, 9.17) is 18.0 Å². The van der Waals surface area contributed by atoms with Crippen molar-refractivity contribution in [1.82, 2.24) is 15.5 Å². The van der Waals surface area contributed by atoms with Crippen LogP contribution >= 0.6 is 12.2 Å². The van der Waals surface area contributed by atoms with E-state index in [1.165, 1.54) is 6.39 Å². The zero-order valence-corrected chi connectivity index (χ0v) is 10.8. The second kappa shape index (κ2) is 6.05. The molecule has 7 heteroatoms. The van der Waals surface area contributed by atoms with E-state index < -0.39 is 0 Å². The molecule has 0 aliphatic heterocycles. The van der Waals surface area contributed by atoms with Crippen molar-refractivity contribution >= 4 is 23.1 Å². The van der Waals surface area contributed by atoms with Gasteiger partial charge < -0.3 is 15.6 Å². The number of aromatic nitrogens is 2. The van der Waals surface area contributed by atoms with Gasteiger partial charge in [-0.25, -0.2) is 0 Å². The van der Waals surface area contributed by atoms with Crippen LogP contribution in [0.4, 0.5) is 0 Å². The second-order valence-electron chi connectivity index (χ2n) is 3.86. The largest absolute Gasteiger partial charge is 0.389 e. The van der Waals surface area contributed by atoms with Crippen LogP contribution in [-0.4, -0.2) is 21.0 Å². The first-order chi connectivity index (χ1) is 9.15. The van der Waals surface area contributed by atoms with Crippen molar-refractivity contribution in [3.8, 4) is 0 Å². The standard InChI is InChI=1S/C12H12N4O2S/c13-12(19)9-3-1-8(2-4-9)5-11(17)14-6-10-15-7-18-16-10/h1-4,7H,5-6H2,(H2,13,19)(H,14,17). The van der Waals surface area contributed by atoms with Crippen molar-refractivity contribution in [2.75, 3.05) is 0 Å². The van der Waals surface area contributed by atoms with Gasteiger partial charge in [-0.15, -0.1) is 0 Å². The Balaban J connectivity index is 1.86. The minimum Gasteiger partial charge on any atom is -0.389 e. The Hall–Kier alpha value is -2.28. The maximum absolute atomic E-state index is 11.7. The summed E-state index contributed by atoms with van der Waals surface area (Å²) >= 11 is 4.86. The van der Waals surface area contributed by atoms with Crippen LogP contribution < -0.4 is 11.1 Å². The van der Waals surface area contributed by atoms with Gasteiger partial charge in [0.1, 0.15) is 4.99 Å². The average Bonchev–Trinajstić information content (AvgIpc) is 2.90. The Kier molecular flexibility index (Phi) is 4.19. The lowest BCUT2D eigenvalue weighted by molar-refractivity contribution is -0.120. The minimum atomic E-state index is -0.118. The summed E-state index contributed by atoms with van der Waals surface area (Å²) in [6, 6.07) is 7.24. The fourth-order valence-corrected chi connectivity index (χ4v) is 1.62. The molecule has 2 aromatic rings. The molecule has 98 valence electrons. The molecular weight excluding hydrogens is 264 g/mol. The van der Waals surface area contributed by atoms with Gasteiger partial charge in [0.15, 0.2) is 5.82 Å². The summed E-state index contributed by atoms with van der Waals surface area (Å²) in [6.07, 6.45) is 1.49. The molecule has 2 rings (SSSR count). The number of rotatable bonds is 5. The maximum atomic E-state index is 11.7. The van der Waals surface area contributed by atoms with Gasteiger partial charge in [0.2, 0.25) is 12.3 Å². The fourth-order valence-electron chi connectivity index (χ4n) is 1.48. The van der Waals surface area contributed by atoms with Gasteiger partial charge in [0.05, 0.1) is 13.0 Å². The number of carbonyl (C=O) groups excluding carboxylic acids is 1. The van der Waals surface area contributed by atoms with Crippen molar-refractivity contribution in [3.63, 3.8) is 0 Å². The zero-order valence-electron chi connectivity index (χ0n) is 10.00. The van der Waals surface area contributed by atoms with Gasteiger partial charge in [-0.3, -0.25) is 4.79 Å². The topological polar surface area (TPSA) is 94.0 Å². The number of hydrogen-bond donors (Lipinski definition) is 2. The molecule has 3 N–H and O–H groups in total. The molecule has 0 radical (unpaired) electrons. The molecule has 6 nitrogen and oxygen atoms in total. The van der Waals surface area contributed by atoms with E-state index in [2.05, 4.69) is 20.0 Å². The minimum absolute atomic E-state index is 0.118. The summed E-state index contributed by atoms with van der Waals surface area (Å²) in [5.41, 5.74) is 7.16. The summed E-state index contributed by atoms with van der Waals surface area (Å²) in [5, 5.41) is 6.29. The third kappa shape index (κ3) is 3.85. The molecular formula is C12H12N4O2S. The number of amides is 1. The Morgan fingerprint density at radius 1 is 1.37 bits per heavy atom. The number of hydrogen-bond acceptors (Lipinski definition) is 5. The van der Waals surface area contributed by atoms with E-state index in [0.717, 1.165) is 11.1 Å². The molecule has 0 atom stereocenters. The van der Waals surface area contributed by atoms with Gasteiger partial charge >= 0.3 is 0 Å². The fraction of sp³-hybridized carbons (Fsp3) is 0.167. The quantitative estimate of drug-likeness (QED) is 0.775. The predicted molar refractivity (Wildman–Crippen MR) is 72.2 cm³/mol. The van der Waals surface area contributed by atoms with E-state index in [-0.39, 0.29) is 18.9 Å². The highest BCUT2D eigenvalue weighted by Gasteiger charge is 2.05. The van der Waals surface area contributed by atoms with Gasteiger partial charge in [-0.1, -0.05) is 41.6 Å². The smallest absolute Gasteiger partial charge is 0.224 e. The molecule has 19 heavy (non-hydrogen) atoms. The van der Waals surface area contributed by atoms with Crippen LogP contribution in [0.25, 0.3) is 0 Å². The molecule has 0 fully saturated rings. The zero-order chi connectivity index (χ0) is 13.7. The van der Waals surface area contributed by atoms with Crippen molar-refractivity contribution in [2.45, 2.75) is 13.0 Å². The Morgan fingerprint density at radius 3 is 2.68 bits per heavy atom. The number of benzene rings is 1. The highest BCUT2D eigenvalue weighted by Crippen LogP contribution is 2.05. The van der Waals surface area contributed by atoms with Gasteiger partial charge in [0, 0.05) is 5.56 Å². The van der Waals surface area contributed by atoms with Crippen LogP contribution in [0.2, 0.25) is 0 Å². The summed E-state index contributed by atoms with van der Waals surface area (Å²) in [7, 11) is 0. The molecule has 0 unspecified atom stereocenters. The monoisotopic (exact) mass is 276 g/mol. The van der Waals surface area contributed by atoms with E-state index in [1.807, 2.05) is 12.1 Å². The first kappa shape index (κ1) is 13.2.